The first-order valence-electron chi connectivity index (χ1n) is 6.93. The van der Waals surface area contributed by atoms with E-state index < -0.39 is 0 Å². The van der Waals surface area contributed by atoms with Gasteiger partial charge < -0.3 is 19.8 Å². The Kier molecular flexibility index (Phi) is 5.11. The Bertz CT molecular complexity index is 654. The lowest BCUT2D eigenvalue weighted by atomic mass is 10.2. The Morgan fingerprint density at radius 2 is 2.14 bits per heavy atom. The zero-order valence-electron chi connectivity index (χ0n) is 13.1. The maximum absolute atomic E-state index is 12.4. The van der Waals surface area contributed by atoms with Crippen LogP contribution < -0.4 is 10.6 Å². The number of carbonyl (C=O) groups is 1. The fourth-order valence-electron chi connectivity index (χ4n) is 2.03. The van der Waals surface area contributed by atoms with E-state index in [1.54, 1.807) is 20.2 Å². The summed E-state index contributed by atoms with van der Waals surface area (Å²) in [7, 11) is 3.28. The number of furan rings is 1. The van der Waals surface area contributed by atoms with E-state index >= 15 is 0 Å². The van der Waals surface area contributed by atoms with Gasteiger partial charge in [-0.2, -0.15) is 0 Å². The highest BCUT2D eigenvalue weighted by Gasteiger charge is 2.20. The van der Waals surface area contributed by atoms with Crippen LogP contribution in [0.2, 0.25) is 0 Å². The molecule has 2 heterocycles. The zero-order valence-corrected chi connectivity index (χ0v) is 13.1. The number of nitrogens with zero attached hydrogens (tertiary/aromatic N) is 2. The third-order valence-corrected chi connectivity index (χ3v) is 3.05. The summed E-state index contributed by atoms with van der Waals surface area (Å²) in [5.41, 5.74) is 1.00. The van der Waals surface area contributed by atoms with Gasteiger partial charge in [-0.3, -0.25) is 4.79 Å². The van der Waals surface area contributed by atoms with Crippen LogP contribution in [0.15, 0.2) is 22.6 Å². The van der Waals surface area contributed by atoms with Crippen LogP contribution in [0.4, 0.5) is 5.95 Å². The first-order valence-corrected chi connectivity index (χ1v) is 6.93. The van der Waals surface area contributed by atoms with Crippen molar-refractivity contribution in [3.8, 4) is 0 Å². The number of aromatic nitrogens is 2. The van der Waals surface area contributed by atoms with Gasteiger partial charge in [0, 0.05) is 19.9 Å². The number of rotatable bonds is 6. The lowest BCUT2D eigenvalue weighted by Crippen LogP contribution is -2.32. The highest BCUT2D eigenvalue weighted by molar-refractivity contribution is 5.92. The predicted octanol–water partition coefficient (Wildman–Crippen LogP) is 1.85. The Morgan fingerprint density at radius 1 is 1.36 bits per heavy atom. The molecule has 118 valence electrons. The van der Waals surface area contributed by atoms with Gasteiger partial charge in [0.1, 0.15) is 23.3 Å². The van der Waals surface area contributed by atoms with Crippen LogP contribution in [0.1, 0.15) is 33.7 Å². The van der Waals surface area contributed by atoms with Crippen molar-refractivity contribution in [2.24, 2.45) is 0 Å². The number of anilines is 1. The van der Waals surface area contributed by atoms with Gasteiger partial charge in [0.2, 0.25) is 5.95 Å². The monoisotopic (exact) mass is 304 g/mol. The fraction of sp³-hybridized carbons (Fsp3) is 0.400. The summed E-state index contributed by atoms with van der Waals surface area (Å²) in [6, 6.07) is 4.93. The molecule has 0 aromatic carbocycles. The number of nitrogens with one attached hydrogen (secondary N) is 2. The van der Waals surface area contributed by atoms with Gasteiger partial charge >= 0.3 is 0 Å². The van der Waals surface area contributed by atoms with Gasteiger partial charge in [-0.15, -0.1) is 0 Å². The van der Waals surface area contributed by atoms with E-state index in [9.17, 15) is 4.79 Å². The van der Waals surface area contributed by atoms with Crippen molar-refractivity contribution in [1.82, 2.24) is 15.3 Å². The molecule has 1 amide bonds. The van der Waals surface area contributed by atoms with Crippen LogP contribution in [0.5, 0.6) is 0 Å². The number of hydrogen-bond acceptors (Lipinski definition) is 6. The standard InChI is InChI=1S/C15H20N4O3/c1-9-7-11(19-15(16-3)17-9)14(20)18-12(8-21-4)13-6-5-10(2)22-13/h5-7,12H,8H2,1-4H3,(H,18,20)(H,16,17,19)/t12-/m1/s1. The van der Waals surface area contributed by atoms with E-state index in [-0.39, 0.29) is 11.9 Å². The van der Waals surface area contributed by atoms with Crippen LogP contribution in [0.3, 0.4) is 0 Å². The summed E-state index contributed by atoms with van der Waals surface area (Å²) in [5, 5.41) is 5.70. The fourth-order valence-corrected chi connectivity index (χ4v) is 2.03. The number of methoxy groups -OCH3 is 1. The van der Waals surface area contributed by atoms with Crippen LogP contribution in [-0.2, 0) is 4.74 Å². The maximum Gasteiger partial charge on any atom is 0.270 e. The van der Waals surface area contributed by atoms with Crippen molar-refractivity contribution in [2.75, 3.05) is 26.1 Å². The smallest absolute Gasteiger partial charge is 0.270 e. The lowest BCUT2D eigenvalue weighted by Gasteiger charge is -2.16. The van der Waals surface area contributed by atoms with E-state index in [1.807, 2.05) is 26.0 Å². The molecule has 1 atom stereocenters. The number of amides is 1. The van der Waals surface area contributed by atoms with Gasteiger partial charge in [-0.25, -0.2) is 9.97 Å². The minimum Gasteiger partial charge on any atom is -0.464 e. The predicted molar refractivity (Wildman–Crippen MR) is 81.8 cm³/mol. The molecule has 7 heteroatoms. The third kappa shape index (κ3) is 3.82. The van der Waals surface area contributed by atoms with Crippen LogP contribution >= 0.6 is 0 Å². The Hall–Kier alpha value is -2.41. The second-order valence-electron chi connectivity index (χ2n) is 4.90. The highest BCUT2D eigenvalue weighted by atomic mass is 16.5. The maximum atomic E-state index is 12.4. The van der Waals surface area contributed by atoms with Gasteiger partial charge in [-0.1, -0.05) is 0 Å². The summed E-state index contributed by atoms with van der Waals surface area (Å²) >= 11 is 0. The summed E-state index contributed by atoms with van der Waals surface area (Å²) in [6.45, 7) is 3.96. The molecule has 0 unspecified atom stereocenters. The first-order chi connectivity index (χ1) is 10.5. The van der Waals surface area contributed by atoms with Crippen molar-refractivity contribution in [3.63, 3.8) is 0 Å². The molecule has 2 N–H and O–H groups in total. The van der Waals surface area contributed by atoms with E-state index in [4.69, 9.17) is 9.15 Å². The molecule has 2 aromatic heterocycles. The average molecular weight is 304 g/mol. The largest absolute Gasteiger partial charge is 0.464 e. The minimum absolute atomic E-state index is 0.293. The Balaban J connectivity index is 2.19. The normalized spacial score (nSPS) is 12.0. The second kappa shape index (κ2) is 7.04. The van der Waals surface area contributed by atoms with E-state index in [0.29, 0.717) is 29.7 Å². The molecule has 2 rings (SSSR count). The van der Waals surface area contributed by atoms with Gasteiger partial charge in [0.05, 0.1) is 6.61 Å². The molecule has 0 bridgehead atoms. The molecule has 0 saturated heterocycles. The van der Waals surface area contributed by atoms with E-state index in [2.05, 4.69) is 20.6 Å². The zero-order chi connectivity index (χ0) is 16.1. The SMILES string of the molecule is CNc1nc(C)cc(C(=O)N[C@H](COC)c2ccc(C)o2)n1. The quantitative estimate of drug-likeness (QED) is 0.846. The molecular formula is C15H20N4O3. The Labute approximate surface area is 129 Å². The average Bonchev–Trinajstić information content (AvgIpc) is 2.92. The number of carbonyl (C=O) groups excluding carboxylic acids is 1. The molecule has 0 aliphatic carbocycles. The molecule has 22 heavy (non-hydrogen) atoms. The van der Waals surface area contributed by atoms with Crippen molar-refractivity contribution in [2.45, 2.75) is 19.9 Å². The van der Waals surface area contributed by atoms with Crippen molar-refractivity contribution in [1.29, 1.82) is 0 Å². The molecule has 2 aromatic rings. The molecule has 0 fully saturated rings. The van der Waals surface area contributed by atoms with Gasteiger partial charge in [0.15, 0.2) is 0 Å². The van der Waals surface area contributed by atoms with Crippen LogP contribution in [-0.4, -0.2) is 36.6 Å². The van der Waals surface area contributed by atoms with Crippen molar-refractivity contribution >= 4 is 11.9 Å². The van der Waals surface area contributed by atoms with E-state index in [0.717, 1.165) is 5.76 Å². The summed E-state index contributed by atoms with van der Waals surface area (Å²) < 4.78 is 10.7. The third-order valence-electron chi connectivity index (χ3n) is 3.05. The highest BCUT2D eigenvalue weighted by Crippen LogP contribution is 2.17. The van der Waals surface area contributed by atoms with Gasteiger partial charge in [-0.05, 0) is 32.0 Å². The second-order valence-corrected chi connectivity index (χ2v) is 4.90. The lowest BCUT2D eigenvalue weighted by molar-refractivity contribution is 0.0877. The first kappa shape index (κ1) is 16.0. The van der Waals surface area contributed by atoms with Gasteiger partial charge in [0.25, 0.3) is 5.91 Å². The van der Waals surface area contributed by atoms with Crippen molar-refractivity contribution in [3.05, 3.63) is 41.1 Å². The van der Waals surface area contributed by atoms with Crippen LogP contribution in [0.25, 0.3) is 0 Å². The topological polar surface area (TPSA) is 89.3 Å². The summed E-state index contributed by atoms with van der Waals surface area (Å²) in [5.74, 6) is 1.52. The molecule has 0 spiro atoms. The summed E-state index contributed by atoms with van der Waals surface area (Å²) in [4.78, 5) is 20.7. The molecule has 7 nitrogen and oxygen atoms in total. The van der Waals surface area contributed by atoms with Crippen LogP contribution in [0, 0.1) is 13.8 Å². The minimum atomic E-state index is -0.375. The van der Waals surface area contributed by atoms with E-state index in [1.165, 1.54) is 0 Å². The molecule has 0 saturated carbocycles. The van der Waals surface area contributed by atoms with Crippen molar-refractivity contribution < 1.29 is 13.9 Å². The molecule has 0 aliphatic heterocycles. The molecule has 0 aliphatic rings. The number of hydrogen-bond donors (Lipinski definition) is 2. The number of ether oxygens (including phenoxy) is 1. The molecule has 0 radical (unpaired) electrons. The molecular weight excluding hydrogens is 284 g/mol. The number of aryl methyl sites for hydroxylation is 2. The summed E-state index contributed by atoms with van der Waals surface area (Å²) in [6.07, 6.45) is 0. The Morgan fingerprint density at radius 3 is 2.73 bits per heavy atom.